The highest BCUT2D eigenvalue weighted by Crippen LogP contribution is 2.39. The summed E-state index contributed by atoms with van der Waals surface area (Å²) in [5.74, 6) is 0.816. The summed E-state index contributed by atoms with van der Waals surface area (Å²) in [6.07, 6.45) is 6.29. The van der Waals surface area contributed by atoms with E-state index in [4.69, 9.17) is 0 Å². The van der Waals surface area contributed by atoms with Crippen LogP contribution in [0.5, 0.6) is 0 Å². The summed E-state index contributed by atoms with van der Waals surface area (Å²) in [6, 6.07) is 0. The van der Waals surface area contributed by atoms with Crippen molar-refractivity contribution in [3.05, 3.63) is 0 Å². The van der Waals surface area contributed by atoms with Crippen molar-refractivity contribution in [2.24, 2.45) is 0 Å². The van der Waals surface area contributed by atoms with Crippen LogP contribution in [0.15, 0.2) is 0 Å². The summed E-state index contributed by atoms with van der Waals surface area (Å²) in [5.41, 5.74) is 0. The highest BCUT2D eigenvalue weighted by molar-refractivity contribution is 8.77. The Hall–Kier alpha value is -0.360. The van der Waals surface area contributed by atoms with E-state index in [1.165, 1.54) is 32.1 Å². The Morgan fingerprint density at radius 1 is 1.33 bits per heavy atom. The van der Waals surface area contributed by atoms with Crippen LogP contribution in [0.3, 0.4) is 0 Å². The van der Waals surface area contributed by atoms with Crippen LogP contribution in [0.2, 0.25) is 0 Å². The average molecular weight is 291 g/mol. The molecule has 1 fully saturated rings. The number of carbonyl (C=O) groups excluding carboxylic acids is 2. The molecule has 0 saturated carbocycles. The number of hydrogen-bond acceptors (Lipinski definition) is 5. The molecule has 6 heteroatoms. The van der Waals surface area contributed by atoms with Gasteiger partial charge in [-0.15, -0.1) is 0 Å². The van der Waals surface area contributed by atoms with E-state index in [0.717, 1.165) is 18.1 Å². The molecular formula is C12H21NO3S2. The zero-order valence-corrected chi connectivity index (χ0v) is 12.4. The average Bonchev–Trinajstić information content (AvgIpc) is 2.88. The molecule has 4 nitrogen and oxygen atoms in total. The highest BCUT2D eigenvalue weighted by atomic mass is 33.1. The van der Waals surface area contributed by atoms with Gasteiger partial charge in [-0.05, 0) is 19.3 Å². The molecule has 1 saturated heterocycles. The minimum Gasteiger partial charge on any atom is -0.468 e. The van der Waals surface area contributed by atoms with Gasteiger partial charge in [0.1, 0.15) is 6.54 Å². The van der Waals surface area contributed by atoms with E-state index in [0.29, 0.717) is 6.42 Å². The van der Waals surface area contributed by atoms with Crippen LogP contribution in [0, 0.1) is 0 Å². The Balaban J connectivity index is 1.90. The van der Waals surface area contributed by atoms with Crippen LogP contribution in [-0.4, -0.2) is 36.5 Å². The van der Waals surface area contributed by atoms with Crippen LogP contribution in [0.1, 0.15) is 38.5 Å². The second-order valence-corrected chi connectivity index (χ2v) is 7.07. The van der Waals surface area contributed by atoms with Crippen LogP contribution >= 0.6 is 21.6 Å². The second kappa shape index (κ2) is 9.55. The molecule has 1 rings (SSSR count). The second-order valence-electron chi connectivity index (χ2n) is 4.28. The van der Waals surface area contributed by atoms with Crippen molar-refractivity contribution in [3.8, 4) is 0 Å². The molecule has 0 spiro atoms. The molecule has 1 amide bonds. The van der Waals surface area contributed by atoms with Crippen LogP contribution < -0.4 is 5.32 Å². The minimum absolute atomic E-state index is 0.0225. The third kappa shape index (κ3) is 7.16. The van der Waals surface area contributed by atoms with E-state index < -0.39 is 5.97 Å². The van der Waals surface area contributed by atoms with Gasteiger partial charge in [0.15, 0.2) is 0 Å². The summed E-state index contributed by atoms with van der Waals surface area (Å²) in [5, 5.41) is 3.37. The summed E-state index contributed by atoms with van der Waals surface area (Å²) in [6.45, 7) is -0.0225. The maximum atomic E-state index is 11.4. The normalized spacial score (nSPS) is 18.6. The fraction of sp³-hybridized carbons (Fsp3) is 0.833. The quantitative estimate of drug-likeness (QED) is 0.423. The molecule has 0 radical (unpaired) electrons. The molecular weight excluding hydrogens is 270 g/mol. The van der Waals surface area contributed by atoms with E-state index >= 15 is 0 Å². The number of rotatable bonds is 8. The van der Waals surface area contributed by atoms with Gasteiger partial charge < -0.3 is 10.1 Å². The number of hydrogen-bond donors (Lipinski definition) is 1. The highest BCUT2D eigenvalue weighted by Gasteiger charge is 2.15. The Labute approximate surface area is 116 Å². The van der Waals surface area contributed by atoms with Crippen molar-refractivity contribution in [1.82, 2.24) is 5.32 Å². The number of esters is 1. The lowest BCUT2D eigenvalue weighted by atomic mass is 10.1. The largest absolute Gasteiger partial charge is 0.468 e. The zero-order valence-electron chi connectivity index (χ0n) is 10.8. The molecule has 0 aromatic rings. The molecule has 1 N–H and O–H groups in total. The fourth-order valence-electron chi connectivity index (χ4n) is 1.73. The lowest BCUT2D eigenvalue weighted by Gasteiger charge is -2.07. The molecule has 1 heterocycles. The van der Waals surface area contributed by atoms with E-state index in [2.05, 4.69) is 10.1 Å². The lowest BCUT2D eigenvalue weighted by molar-refractivity contribution is -0.141. The van der Waals surface area contributed by atoms with E-state index in [9.17, 15) is 9.59 Å². The molecule has 1 atom stereocenters. The topological polar surface area (TPSA) is 55.4 Å². The summed E-state index contributed by atoms with van der Waals surface area (Å²) < 4.78 is 4.44. The molecule has 18 heavy (non-hydrogen) atoms. The summed E-state index contributed by atoms with van der Waals surface area (Å²) >= 11 is 0. The lowest BCUT2D eigenvalue weighted by Crippen LogP contribution is -2.29. The van der Waals surface area contributed by atoms with Gasteiger partial charge >= 0.3 is 5.97 Å². The molecule has 0 bridgehead atoms. The molecule has 1 aliphatic rings. The third-order valence-corrected chi connectivity index (χ3v) is 5.82. The molecule has 0 aliphatic carbocycles. The van der Waals surface area contributed by atoms with Crippen molar-refractivity contribution < 1.29 is 14.3 Å². The Kier molecular flexibility index (Phi) is 8.33. The summed E-state index contributed by atoms with van der Waals surface area (Å²) in [4.78, 5) is 22.2. The SMILES string of the molecule is COC(=O)CNC(=O)CCCCCC1CCSS1. The molecule has 1 unspecified atom stereocenters. The number of unbranched alkanes of at least 4 members (excludes halogenated alkanes) is 2. The van der Waals surface area contributed by atoms with Crippen LogP contribution in [-0.2, 0) is 14.3 Å². The van der Waals surface area contributed by atoms with E-state index in [1.807, 2.05) is 21.6 Å². The van der Waals surface area contributed by atoms with Gasteiger partial charge in [-0.25, -0.2) is 0 Å². The monoisotopic (exact) mass is 291 g/mol. The number of nitrogens with one attached hydrogen (secondary N) is 1. The maximum Gasteiger partial charge on any atom is 0.325 e. The summed E-state index contributed by atoms with van der Waals surface area (Å²) in [7, 11) is 5.29. The Morgan fingerprint density at radius 3 is 2.83 bits per heavy atom. The first-order chi connectivity index (χ1) is 8.72. The molecule has 104 valence electrons. The number of amides is 1. The Bertz CT molecular complexity index is 268. The molecule has 0 aromatic heterocycles. The smallest absolute Gasteiger partial charge is 0.325 e. The van der Waals surface area contributed by atoms with Gasteiger partial charge in [0.2, 0.25) is 5.91 Å². The van der Waals surface area contributed by atoms with Gasteiger partial charge in [-0.3, -0.25) is 9.59 Å². The Morgan fingerprint density at radius 2 is 2.17 bits per heavy atom. The van der Waals surface area contributed by atoms with Crippen LogP contribution in [0.4, 0.5) is 0 Å². The minimum atomic E-state index is -0.404. The standard InChI is InChI=1S/C12H21NO3S2/c1-16-12(15)9-13-11(14)6-4-2-3-5-10-7-8-17-18-10/h10H,2-9H2,1H3,(H,13,14). The zero-order chi connectivity index (χ0) is 13.2. The molecule has 1 aliphatic heterocycles. The first kappa shape index (κ1) is 15.7. The third-order valence-electron chi connectivity index (χ3n) is 2.81. The first-order valence-electron chi connectivity index (χ1n) is 6.34. The van der Waals surface area contributed by atoms with Crippen molar-refractivity contribution in [1.29, 1.82) is 0 Å². The fourth-order valence-corrected chi connectivity index (χ4v) is 4.76. The van der Waals surface area contributed by atoms with Crippen molar-refractivity contribution in [2.75, 3.05) is 19.4 Å². The van der Waals surface area contributed by atoms with Gasteiger partial charge in [-0.2, -0.15) is 0 Å². The predicted molar refractivity (Wildman–Crippen MR) is 76.6 cm³/mol. The van der Waals surface area contributed by atoms with Gasteiger partial charge in [0, 0.05) is 17.4 Å². The van der Waals surface area contributed by atoms with Gasteiger partial charge in [0.25, 0.3) is 0 Å². The maximum absolute atomic E-state index is 11.4. The number of ether oxygens (including phenoxy) is 1. The van der Waals surface area contributed by atoms with Crippen LogP contribution in [0.25, 0.3) is 0 Å². The van der Waals surface area contributed by atoms with Gasteiger partial charge in [0.05, 0.1) is 7.11 Å². The van der Waals surface area contributed by atoms with E-state index in [1.54, 1.807) is 0 Å². The van der Waals surface area contributed by atoms with Crippen molar-refractivity contribution in [2.45, 2.75) is 43.8 Å². The van der Waals surface area contributed by atoms with Crippen molar-refractivity contribution >= 4 is 33.5 Å². The first-order valence-corrected chi connectivity index (χ1v) is 8.72. The number of carbonyl (C=O) groups is 2. The number of methoxy groups -OCH3 is 1. The van der Waals surface area contributed by atoms with Crippen molar-refractivity contribution in [3.63, 3.8) is 0 Å². The van der Waals surface area contributed by atoms with E-state index in [-0.39, 0.29) is 12.5 Å². The molecule has 0 aromatic carbocycles. The predicted octanol–water partition coefficient (Wildman–Crippen LogP) is 2.38. The van der Waals surface area contributed by atoms with Gasteiger partial charge in [-0.1, -0.05) is 34.4 Å².